The molecule has 1 heterocycles. The van der Waals surface area contributed by atoms with E-state index in [1.165, 1.54) is 13.8 Å². The number of esters is 4. The van der Waals surface area contributed by atoms with Crippen LogP contribution in [0, 0.1) is 11.8 Å². The SMILES string of the molecule is CCCCCCCC(=O)OC1C(=O)C(C)=C2C1C(C)(OC(C)=O)CC(OC(=O)C(C)CC)C1(O)C2OC(=O)C1(C)O. The molecule has 0 aromatic heterocycles. The van der Waals surface area contributed by atoms with Crippen LogP contribution in [0.15, 0.2) is 11.1 Å². The van der Waals surface area contributed by atoms with Crippen molar-refractivity contribution >= 4 is 29.7 Å². The van der Waals surface area contributed by atoms with Crippen LogP contribution < -0.4 is 0 Å². The average molecular weight is 581 g/mol. The lowest BCUT2D eigenvalue weighted by atomic mass is 9.75. The van der Waals surface area contributed by atoms with Gasteiger partial charge in [0, 0.05) is 19.8 Å². The number of ketones is 1. The number of carbonyl (C=O) groups is 5. The molecule has 1 aliphatic heterocycles. The Bertz CT molecular complexity index is 1110. The molecule has 0 bridgehead atoms. The molecular weight excluding hydrogens is 536 g/mol. The number of hydrogen-bond acceptors (Lipinski definition) is 11. The largest absolute Gasteiger partial charge is 0.459 e. The van der Waals surface area contributed by atoms with E-state index in [-0.39, 0.29) is 17.6 Å². The predicted octanol–water partition coefficient (Wildman–Crippen LogP) is 2.87. The average Bonchev–Trinajstić information content (AvgIpc) is 3.21. The molecule has 41 heavy (non-hydrogen) atoms. The van der Waals surface area contributed by atoms with Crippen molar-refractivity contribution in [3.63, 3.8) is 0 Å². The Balaban J connectivity index is 2.11. The van der Waals surface area contributed by atoms with Crippen LogP contribution in [0.1, 0.15) is 99.8 Å². The van der Waals surface area contributed by atoms with Crippen molar-refractivity contribution in [1.82, 2.24) is 0 Å². The number of carbonyl (C=O) groups excluding carboxylic acids is 5. The first-order valence-electron chi connectivity index (χ1n) is 14.6. The van der Waals surface area contributed by atoms with Gasteiger partial charge in [-0.15, -0.1) is 0 Å². The van der Waals surface area contributed by atoms with Crippen molar-refractivity contribution in [2.24, 2.45) is 11.8 Å². The van der Waals surface area contributed by atoms with Crippen LogP contribution in [0.3, 0.4) is 0 Å². The monoisotopic (exact) mass is 580 g/mol. The van der Waals surface area contributed by atoms with Crippen molar-refractivity contribution in [2.75, 3.05) is 0 Å². The summed E-state index contributed by atoms with van der Waals surface area (Å²) < 4.78 is 22.8. The summed E-state index contributed by atoms with van der Waals surface area (Å²) in [5, 5.41) is 23.5. The number of fused-ring (bicyclic) bond motifs is 3. The predicted molar refractivity (Wildman–Crippen MR) is 144 cm³/mol. The quantitative estimate of drug-likeness (QED) is 0.210. The van der Waals surface area contributed by atoms with Gasteiger partial charge in [0.05, 0.1) is 11.8 Å². The Kier molecular flexibility index (Phi) is 9.75. The van der Waals surface area contributed by atoms with Crippen molar-refractivity contribution in [1.29, 1.82) is 0 Å². The molecule has 8 atom stereocenters. The molecule has 11 nitrogen and oxygen atoms in total. The van der Waals surface area contributed by atoms with Crippen LogP contribution in [-0.2, 0) is 42.9 Å². The molecule has 1 saturated heterocycles. The molecule has 3 rings (SSSR count). The molecule has 0 aromatic carbocycles. The number of Topliss-reactive ketones (excluding diaryl/α,β-unsaturated/α-hetero) is 1. The normalized spacial score (nSPS) is 35.2. The van der Waals surface area contributed by atoms with E-state index in [9.17, 15) is 34.2 Å². The van der Waals surface area contributed by atoms with Gasteiger partial charge in [-0.1, -0.05) is 46.5 Å². The van der Waals surface area contributed by atoms with E-state index in [4.69, 9.17) is 18.9 Å². The van der Waals surface area contributed by atoms with Crippen molar-refractivity contribution in [3.8, 4) is 0 Å². The Morgan fingerprint density at radius 1 is 1.05 bits per heavy atom. The highest BCUT2D eigenvalue weighted by molar-refractivity contribution is 6.04. The van der Waals surface area contributed by atoms with Gasteiger partial charge in [-0.3, -0.25) is 19.2 Å². The Labute approximate surface area is 240 Å². The maximum Gasteiger partial charge on any atom is 0.341 e. The lowest BCUT2D eigenvalue weighted by molar-refractivity contribution is -0.213. The molecule has 3 aliphatic rings. The zero-order valence-corrected chi connectivity index (χ0v) is 25.1. The fraction of sp³-hybridized carbons (Fsp3) is 0.767. The van der Waals surface area contributed by atoms with Gasteiger partial charge in [-0.25, -0.2) is 4.79 Å². The van der Waals surface area contributed by atoms with Gasteiger partial charge < -0.3 is 29.2 Å². The number of unbranched alkanes of at least 4 members (excludes halogenated alkanes) is 4. The summed E-state index contributed by atoms with van der Waals surface area (Å²) in [4.78, 5) is 64.8. The Morgan fingerprint density at radius 2 is 1.68 bits per heavy atom. The molecule has 2 aliphatic carbocycles. The van der Waals surface area contributed by atoms with Gasteiger partial charge in [0.1, 0.15) is 11.7 Å². The van der Waals surface area contributed by atoms with E-state index in [0.717, 1.165) is 39.5 Å². The molecule has 1 saturated carbocycles. The minimum atomic E-state index is -2.56. The van der Waals surface area contributed by atoms with Crippen LogP contribution in [0.4, 0.5) is 0 Å². The summed E-state index contributed by atoms with van der Waals surface area (Å²) in [7, 11) is 0. The maximum atomic E-state index is 13.6. The maximum absolute atomic E-state index is 13.6. The first kappa shape index (κ1) is 32.7. The summed E-state index contributed by atoms with van der Waals surface area (Å²) >= 11 is 0. The summed E-state index contributed by atoms with van der Waals surface area (Å²) in [6.07, 6.45) is -0.187. The fourth-order valence-corrected chi connectivity index (χ4v) is 6.26. The lowest BCUT2D eigenvalue weighted by Crippen LogP contribution is -2.64. The minimum Gasteiger partial charge on any atom is -0.459 e. The highest BCUT2D eigenvalue weighted by atomic mass is 16.6. The highest BCUT2D eigenvalue weighted by Gasteiger charge is 2.75. The lowest BCUT2D eigenvalue weighted by Gasteiger charge is -2.41. The van der Waals surface area contributed by atoms with E-state index < -0.39 is 83.0 Å². The van der Waals surface area contributed by atoms with E-state index >= 15 is 0 Å². The van der Waals surface area contributed by atoms with Crippen LogP contribution >= 0.6 is 0 Å². The van der Waals surface area contributed by atoms with Crippen molar-refractivity contribution in [3.05, 3.63) is 11.1 Å². The number of rotatable bonds is 11. The second-order valence-corrected chi connectivity index (χ2v) is 12.0. The molecule has 8 unspecified atom stereocenters. The number of aliphatic hydroxyl groups is 2. The van der Waals surface area contributed by atoms with Gasteiger partial charge in [0.15, 0.2) is 29.2 Å². The Morgan fingerprint density at radius 3 is 2.27 bits per heavy atom. The summed E-state index contributed by atoms with van der Waals surface area (Å²) in [5.74, 6) is -5.60. The van der Waals surface area contributed by atoms with Gasteiger partial charge in [0.2, 0.25) is 0 Å². The van der Waals surface area contributed by atoms with Gasteiger partial charge in [-0.2, -0.15) is 0 Å². The smallest absolute Gasteiger partial charge is 0.341 e. The zero-order valence-electron chi connectivity index (χ0n) is 25.1. The molecule has 2 N–H and O–H groups in total. The Hall–Kier alpha value is -2.79. The molecule has 2 fully saturated rings. The molecule has 0 amide bonds. The number of hydrogen-bond donors (Lipinski definition) is 2. The molecule has 0 spiro atoms. The second kappa shape index (κ2) is 12.2. The highest BCUT2D eigenvalue weighted by Crippen LogP contribution is 2.56. The molecular formula is C30H44O11. The second-order valence-electron chi connectivity index (χ2n) is 12.0. The fourth-order valence-electron chi connectivity index (χ4n) is 6.26. The van der Waals surface area contributed by atoms with Crippen LogP contribution in [0.25, 0.3) is 0 Å². The summed E-state index contributed by atoms with van der Waals surface area (Å²) in [6, 6.07) is 0. The van der Waals surface area contributed by atoms with Crippen molar-refractivity contribution < 1.29 is 53.1 Å². The summed E-state index contributed by atoms with van der Waals surface area (Å²) in [6.45, 7) is 10.6. The molecule has 0 aromatic rings. The van der Waals surface area contributed by atoms with Gasteiger partial charge in [-0.05, 0) is 44.8 Å². The third-order valence-corrected chi connectivity index (χ3v) is 8.92. The van der Waals surface area contributed by atoms with E-state index in [1.54, 1.807) is 13.8 Å². The van der Waals surface area contributed by atoms with Crippen LogP contribution in [0.2, 0.25) is 0 Å². The first-order chi connectivity index (χ1) is 19.1. The van der Waals surface area contributed by atoms with Gasteiger partial charge >= 0.3 is 23.9 Å². The molecule has 230 valence electrons. The molecule has 0 radical (unpaired) electrons. The summed E-state index contributed by atoms with van der Waals surface area (Å²) in [5.41, 5.74) is -6.71. The third kappa shape index (κ3) is 5.80. The van der Waals surface area contributed by atoms with Gasteiger partial charge in [0.25, 0.3) is 0 Å². The van der Waals surface area contributed by atoms with E-state index in [0.29, 0.717) is 12.8 Å². The zero-order chi connectivity index (χ0) is 30.9. The third-order valence-electron chi connectivity index (χ3n) is 8.92. The molecule has 11 heteroatoms. The van der Waals surface area contributed by atoms with Crippen LogP contribution in [-0.4, -0.2) is 75.0 Å². The van der Waals surface area contributed by atoms with E-state index in [2.05, 4.69) is 6.92 Å². The van der Waals surface area contributed by atoms with Crippen LogP contribution in [0.5, 0.6) is 0 Å². The first-order valence-corrected chi connectivity index (χ1v) is 14.6. The standard InChI is InChI=1S/C30H44O11/c1-8-10-11-12-13-14-20(32)39-24-22-21(17(4)23(24)33)25-30(37,29(7,36)27(35)40-25)19(38-26(34)16(3)9-2)15-28(22,6)41-18(5)31/h16,19,22,24-25,36-37H,8-15H2,1-7H3. The van der Waals surface area contributed by atoms with Crippen molar-refractivity contribution in [2.45, 2.75) is 135 Å². The van der Waals surface area contributed by atoms with E-state index in [1.807, 2.05) is 0 Å². The minimum absolute atomic E-state index is 0.0388. The number of ether oxygens (including phenoxy) is 4. The topological polar surface area (TPSA) is 163 Å².